The number of ether oxygens (including phenoxy) is 2. The number of hydrogen-bond donors (Lipinski definition) is 0. The van der Waals surface area contributed by atoms with Crippen LogP contribution in [0.15, 0.2) is 42.5 Å². The van der Waals surface area contributed by atoms with Crippen molar-refractivity contribution in [1.82, 2.24) is 0 Å². The highest BCUT2D eigenvalue weighted by atomic mass is 16.6. The zero-order valence-corrected chi connectivity index (χ0v) is 16.3. The molecular formula is C23H25NO4. The summed E-state index contributed by atoms with van der Waals surface area (Å²) in [5.74, 6) is -0.0801. The van der Waals surface area contributed by atoms with Crippen LogP contribution in [0.1, 0.15) is 37.0 Å². The van der Waals surface area contributed by atoms with E-state index in [-0.39, 0.29) is 18.6 Å². The molecule has 0 spiro atoms. The first-order chi connectivity index (χ1) is 13.5. The molecule has 0 aromatic heterocycles. The van der Waals surface area contributed by atoms with E-state index < -0.39 is 12.1 Å². The molecule has 5 heteroatoms. The third kappa shape index (κ3) is 3.61. The van der Waals surface area contributed by atoms with Crippen molar-refractivity contribution < 1.29 is 19.1 Å². The maximum Gasteiger partial charge on any atom is 0.344 e. The smallest absolute Gasteiger partial charge is 0.344 e. The van der Waals surface area contributed by atoms with Crippen molar-refractivity contribution in [3.05, 3.63) is 59.2 Å². The average molecular weight is 379 g/mol. The number of aryl methyl sites for hydroxylation is 2. The molecule has 1 heterocycles. The van der Waals surface area contributed by atoms with E-state index in [0.717, 1.165) is 30.5 Å². The summed E-state index contributed by atoms with van der Waals surface area (Å²) in [6, 6.07) is 13.8. The molecule has 2 aliphatic rings. The van der Waals surface area contributed by atoms with Crippen molar-refractivity contribution in [2.45, 2.75) is 51.7 Å². The molecule has 0 unspecified atom stereocenters. The van der Waals surface area contributed by atoms with Crippen LogP contribution in [0.4, 0.5) is 5.69 Å². The van der Waals surface area contributed by atoms with E-state index in [1.807, 2.05) is 43.3 Å². The number of carbonyl (C=O) groups is 2. The van der Waals surface area contributed by atoms with Gasteiger partial charge in [0.1, 0.15) is 5.75 Å². The lowest BCUT2D eigenvalue weighted by Crippen LogP contribution is -2.43. The van der Waals surface area contributed by atoms with Crippen molar-refractivity contribution in [1.29, 1.82) is 0 Å². The van der Waals surface area contributed by atoms with Gasteiger partial charge in [-0.2, -0.15) is 0 Å². The molecule has 0 fully saturated rings. The fourth-order valence-corrected chi connectivity index (χ4v) is 4.16. The van der Waals surface area contributed by atoms with Crippen LogP contribution in [0.25, 0.3) is 0 Å². The summed E-state index contributed by atoms with van der Waals surface area (Å²) in [6.45, 7) is 3.41. The lowest BCUT2D eigenvalue weighted by Gasteiger charge is -2.25. The van der Waals surface area contributed by atoms with Gasteiger partial charge in [-0.3, -0.25) is 4.79 Å². The largest absolute Gasteiger partial charge is 0.482 e. The number of amides is 1. The number of carbonyl (C=O) groups excluding carboxylic acids is 2. The fraction of sp³-hybridized carbons (Fsp3) is 0.391. The summed E-state index contributed by atoms with van der Waals surface area (Å²) >= 11 is 0. The molecule has 1 aliphatic carbocycles. The summed E-state index contributed by atoms with van der Waals surface area (Å²) < 4.78 is 10.9. The maximum absolute atomic E-state index is 12.9. The van der Waals surface area contributed by atoms with Crippen molar-refractivity contribution in [3.63, 3.8) is 0 Å². The van der Waals surface area contributed by atoms with E-state index in [1.54, 1.807) is 11.8 Å². The fourth-order valence-electron chi connectivity index (χ4n) is 4.16. The second-order valence-electron chi connectivity index (χ2n) is 7.59. The summed E-state index contributed by atoms with van der Waals surface area (Å²) in [5, 5.41) is 0. The van der Waals surface area contributed by atoms with Gasteiger partial charge in [-0.05, 0) is 74.4 Å². The first-order valence-corrected chi connectivity index (χ1v) is 9.88. The molecule has 1 aliphatic heterocycles. The Morgan fingerprint density at radius 1 is 1.11 bits per heavy atom. The Kier molecular flexibility index (Phi) is 5.07. The number of rotatable bonds is 5. The summed E-state index contributed by atoms with van der Waals surface area (Å²) in [5.41, 5.74) is 4.68. The summed E-state index contributed by atoms with van der Waals surface area (Å²) in [6.07, 6.45) is 3.28. The lowest BCUT2D eigenvalue weighted by molar-refractivity contribution is -0.155. The number of para-hydroxylation sites is 1. The SMILES string of the molecule is C[C@H](OC(=O)COc1ccc2c(c1)CCC2)C(=O)N1c2ccccc2C[C@H]1C. The van der Waals surface area contributed by atoms with Gasteiger partial charge in [-0.25, -0.2) is 4.79 Å². The van der Waals surface area contributed by atoms with Gasteiger partial charge in [-0.15, -0.1) is 0 Å². The molecule has 146 valence electrons. The van der Waals surface area contributed by atoms with Crippen LogP contribution in [0.5, 0.6) is 5.75 Å². The topological polar surface area (TPSA) is 55.8 Å². The van der Waals surface area contributed by atoms with Crippen molar-refractivity contribution in [2.24, 2.45) is 0 Å². The number of anilines is 1. The van der Waals surface area contributed by atoms with Crippen molar-refractivity contribution >= 4 is 17.6 Å². The molecule has 2 atom stereocenters. The maximum atomic E-state index is 12.9. The molecule has 2 aromatic rings. The molecular weight excluding hydrogens is 354 g/mol. The predicted molar refractivity (Wildman–Crippen MR) is 107 cm³/mol. The van der Waals surface area contributed by atoms with Gasteiger partial charge >= 0.3 is 5.97 Å². The normalized spacial score (nSPS) is 18.4. The zero-order chi connectivity index (χ0) is 19.7. The summed E-state index contributed by atoms with van der Waals surface area (Å²) in [4.78, 5) is 26.8. The minimum atomic E-state index is -0.857. The molecule has 0 saturated heterocycles. The minimum absolute atomic E-state index is 0.0497. The highest BCUT2D eigenvalue weighted by Crippen LogP contribution is 2.32. The summed E-state index contributed by atoms with van der Waals surface area (Å²) in [7, 11) is 0. The van der Waals surface area contributed by atoms with Gasteiger partial charge in [-0.1, -0.05) is 24.3 Å². The molecule has 0 radical (unpaired) electrons. The first kappa shape index (κ1) is 18.5. The van der Waals surface area contributed by atoms with Crippen LogP contribution in [0, 0.1) is 0 Å². The molecule has 0 saturated carbocycles. The molecule has 1 amide bonds. The van der Waals surface area contributed by atoms with Crippen molar-refractivity contribution in [3.8, 4) is 5.75 Å². The Hall–Kier alpha value is -2.82. The van der Waals surface area contributed by atoms with E-state index >= 15 is 0 Å². The van der Waals surface area contributed by atoms with E-state index in [9.17, 15) is 9.59 Å². The van der Waals surface area contributed by atoms with Crippen LogP contribution in [0.3, 0.4) is 0 Å². The Balaban J connectivity index is 1.33. The number of benzene rings is 2. The van der Waals surface area contributed by atoms with E-state index in [0.29, 0.717) is 5.75 Å². The lowest BCUT2D eigenvalue weighted by atomic mass is 10.1. The van der Waals surface area contributed by atoms with Gasteiger partial charge < -0.3 is 14.4 Å². The average Bonchev–Trinajstić information content (AvgIpc) is 3.28. The van der Waals surface area contributed by atoms with Gasteiger partial charge in [0.05, 0.1) is 0 Å². The van der Waals surface area contributed by atoms with Gasteiger partial charge in [0.25, 0.3) is 5.91 Å². The van der Waals surface area contributed by atoms with E-state index in [1.165, 1.54) is 17.5 Å². The van der Waals surface area contributed by atoms with E-state index in [2.05, 4.69) is 6.07 Å². The van der Waals surface area contributed by atoms with E-state index in [4.69, 9.17) is 9.47 Å². The number of esters is 1. The molecule has 28 heavy (non-hydrogen) atoms. The molecule has 0 bridgehead atoms. The van der Waals surface area contributed by atoms with Crippen LogP contribution < -0.4 is 9.64 Å². The highest BCUT2D eigenvalue weighted by Gasteiger charge is 2.34. The standard InChI is InChI=1S/C23H25NO4/c1-15-12-19-6-3-4-9-21(19)24(15)23(26)16(2)28-22(25)14-27-20-11-10-17-7-5-8-18(17)13-20/h3-4,6,9-11,13,15-16H,5,7-8,12,14H2,1-2H3/t15-,16+/m1/s1. The predicted octanol–water partition coefficient (Wildman–Crippen LogP) is 3.46. The Labute approximate surface area is 165 Å². The van der Waals surface area contributed by atoms with Gasteiger partial charge in [0, 0.05) is 11.7 Å². The Morgan fingerprint density at radius 2 is 1.89 bits per heavy atom. The molecule has 5 nitrogen and oxygen atoms in total. The van der Waals surface area contributed by atoms with Crippen LogP contribution >= 0.6 is 0 Å². The Bertz CT molecular complexity index is 907. The van der Waals surface area contributed by atoms with Crippen molar-refractivity contribution in [2.75, 3.05) is 11.5 Å². The zero-order valence-electron chi connectivity index (χ0n) is 16.3. The molecule has 2 aromatic carbocycles. The molecule has 4 rings (SSSR count). The highest BCUT2D eigenvalue weighted by molar-refractivity contribution is 5.99. The second kappa shape index (κ2) is 7.66. The van der Waals surface area contributed by atoms with Crippen LogP contribution in [-0.4, -0.2) is 30.6 Å². The monoisotopic (exact) mass is 379 g/mol. The molecule has 0 N–H and O–H groups in total. The minimum Gasteiger partial charge on any atom is -0.482 e. The van der Waals surface area contributed by atoms with Crippen LogP contribution in [0.2, 0.25) is 0 Å². The number of nitrogens with zero attached hydrogens (tertiary/aromatic N) is 1. The first-order valence-electron chi connectivity index (χ1n) is 9.88. The second-order valence-corrected chi connectivity index (χ2v) is 7.59. The van der Waals surface area contributed by atoms with Gasteiger partial charge in [0.15, 0.2) is 12.7 Å². The number of fused-ring (bicyclic) bond motifs is 2. The third-order valence-corrected chi connectivity index (χ3v) is 5.53. The van der Waals surface area contributed by atoms with Crippen LogP contribution in [-0.2, 0) is 33.6 Å². The van der Waals surface area contributed by atoms with Gasteiger partial charge in [0.2, 0.25) is 0 Å². The Morgan fingerprint density at radius 3 is 2.75 bits per heavy atom. The third-order valence-electron chi connectivity index (χ3n) is 5.53. The quantitative estimate of drug-likeness (QED) is 0.747. The number of hydrogen-bond acceptors (Lipinski definition) is 4.